The van der Waals surface area contributed by atoms with Gasteiger partial charge in [-0.1, -0.05) is 16.8 Å². The van der Waals surface area contributed by atoms with E-state index in [4.69, 9.17) is 16.7 Å². The van der Waals surface area contributed by atoms with E-state index in [0.717, 1.165) is 4.88 Å². The summed E-state index contributed by atoms with van der Waals surface area (Å²) in [5, 5.41) is 18.6. The van der Waals surface area contributed by atoms with Gasteiger partial charge in [-0.3, -0.25) is 9.59 Å². The van der Waals surface area contributed by atoms with Crippen LogP contribution in [0.5, 0.6) is 0 Å². The number of hydrogen-bond donors (Lipinski definition) is 2. The molecule has 0 aliphatic heterocycles. The number of nitrogens with zero attached hydrogens (tertiary/aromatic N) is 3. The smallest absolute Gasteiger partial charge is 0.325 e. The molecule has 0 aliphatic carbocycles. The highest BCUT2D eigenvalue weighted by Crippen LogP contribution is 2.22. The average Bonchev–Trinajstić information content (AvgIpc) is 3.02. The topological polar surface area (TPSA) is 97.1 Å². The molecule has 0 saturated heterocycles. The molecule has 0 atom stereocenters. The number of thiophene rings is 1. The fraction of sp³-hybridized carbons (Fsp3) is 0.167. The molecule has 0 saturated carbocycles. The standard InChI is InChI=1S/C12H11ClN4O3S/c13-10-3-1-9(21-10)2-4-11(18)14-5-8-6-17(16-15-8)7-12(19)20/h1-4,6H,5,7H2,(H,14,18)(H,19,20)/b4-2+. The summed E-state index contributed by atoms with van der Waals surface area (Å²) in [7, 11) is 0. The van der Waals surface area contributed by atoms with Crippen LogP contribution in [0.25, 0.3) is 6.08 Å². The van der Waals surface area contributed by atoms with Gasteiger partial charge in [-0.15, -0.1) is 16.4 Å². The fourth-order valence-electron chi connectivity index (χ4n) is 1.45. The molecule has 0 unspecified atom stereocenters. The zero-order valence-electron chi connectivity index (χ0n) is 10.7. The molecule has 2 rings (SSSR count). The van der Waals surface area contributed by atoms with Gasteiger partial charge in [0.05, 0.1) is 17.1 Å². The molecule has 1 amide bonds. The molecular formula is C12H11ClN4O3S. The molecule has 2 aromatic rings. The lowest BCUT2D eigenvalue weighted by Gasteiger charge is -1.97. The number of nitrogens with one attached hydrogen (secondary N) is 1. The van der Waals surface area contributed by atoms with Crippen molar-refractivity contribution in [2.24, 2.45) is 0 Å². The Bertz CT molecular complexity index is 680. The maximum Gasteiger partial charge on any atom is 0.325 e. The van der Waals surface area contributed by atoms with Gasteiger partial charge in [0.25, 0.3) is 0 Å². The zero-order valence-corrected chi connectivity index (χ0v) is 12.3. The number of carbonyl (C=O) groups is 2. The lowest BCUT2D eigenvalue weighted by Crippen LogP contribution is -2.20. The van der Waals surface area contributed by atoms with Crippen molar-refractivity contribution < 1.29 is 14.7 Å². The van der Waals surface area contributed by atoms with E-state index in [-0.39, 0.29) is 19.0 Å². The van der Waals surface area contributed by atoms with Crippen molar-refractivity contribution in [3.63, 3.8) is 0 Å². The summed E-state index contributed by atoms with van der Waals surface area (Å²) < 4.78 is 1.85. The number of carbonyl (C=O) groups excluding carboxylic acids is 1. The Kier molecular flexibility index (Phi) is 5.07. The lowest BCUT2D eigenvalue weighted by molar-refractivity contribution is -0.137. The lowest BCUT2D eigenvalue weighted by atomic mass is 10.4. The molecule has 0 fully saturated rings. The van der Waals surface area contributed by atoms with Crippen molar-refractivity contribution in [1.82, 2.24) is 20.3 Å². The first-order valence-corrected chi connectivity index (χ1v) is 7.04. The molecule has 0 bridgehead atoms. The summed E-state index contributed by atoms with van der Waals surface area (Å²) in [4.78, 5) is 23.0. The van der Waals surface area contributed by atoms with Crippen LogP contribution >= 0.6 is 22.9 Å². The molecule has 0 radical (unpaired) electrons. The Labute approximate surface area is 128 Å². The predicted molar refractivity (Wildman–Crippen MR) is 77.9 cm³/mol. The van der Waals surface area contributed by atoms with Crippen molar-refractivity contribution in [2.45, 2.75) is 13.1 Å². The number of carboxylic acids is 1. The highest BCUT2D eigenvalue weighted by molar-refractivity contribution is 7.17. The average molecular weight is 327 g/mol. The normalized spacial score (nSPS) is 10.9. The second-order valence-electron chi connectivity index (χ2n) is 3.99. The fourth-order valence-corrected chi connectivity index (χ4v) is 2.41. The van der Waals surface area contributed by atoms with Gasteiger partial charge in [-0.05, 0) is 18.2 Å². The van der Waals surface area contributed by atoms with E-state index in [1.165, 1.54) is 28.3 Å². The van der Waals surface area contributed by atoms with Crippen LogP contribution in [0.1, 0.15) is 10.6 Å². The molecular weight excluding hydrogens is 316 g/mol. The Balaban J connectivity index is 1.82. The van der Waals surface area contributed by atoms with Gasteiger partial charge in [-0.25, -0.2) is 4.68 Å². The van der Waals surface area contributed by atoms with E-state index in [0.29, 0.717) is 10.0 Å². The highest BCUT2D eigenvalue weighted by Gasteiger charge is 2.05. The zero-order chi connectivity index (χ0) is 15.2. The Morgan fingerprint density at radius 3 is 2.95 bits per heavy atom. The summed E-state index contributed by atoms with van der Waals surface area (Å²) >= 11 is 7.15. The molecule has 110 valence electrons. The third kappa shape index (κ3) is 5.01. The summed E-state index contributed by atoms with van der Waals surface area (Å²) in [5.74, 6) is -1.29. The number of hydrogen-bond acceptors (Lipinski definition) is 5. The van der Waals surface area contributed by atoms with E-state index < -0.39 is 5.97 Å². The highest BCUT2D eigenvalue weighted by atomic mass is 35.5. The first kappa shape index (κ1) is 15.2. The molecule has 0 spiro atoms. The second kappa shape index (κ2) is 7.00. The van der Waals surface area contributed by atoms with Crippen LogP contribution in [0.3, 0.4) is 0 Å². The Hall–Kier alpha value is -2.19. The number of aliphatic carboxylic acids is 1. The first-order valence-electron chi connectivity index (χ1n) is 5.85. The number of aromatic nitrogens is 3. The van der Waals surface area contributed by atoms with Crippen molar-refractivity contribution in [2.75, 3.05) is 0 Å². The molecule has 21 heavy (non-hydrogen) atoms. The van der Waals surface area contributed by atoms with Gasteiger partial charge in [0.1, 0.15) is 12.2 Å². The molecule has 2 heterocycles. The van der Waals surface area contributed by atoms with Crippen molar-refractivity contribution in [3.8, 4) is 0 Å². The van der Waals surface area contributed by atoms with Gasteiger partial charge < -0.3 is 10.4 Å². The van der Waals surface area contributed by atoms with Gasteiger partial charge >= 0.3 is 5.97 Å². The minimum Gasteiger partial charge on any atom is -0.480 e. The molecule has 0 aromatic carbocycles. The van der Waals surface area contributed by atoms with E-state index >= 15 is 0 Å². The van der Waals surface area contributed by atoms with Crippen LogP contribution < -0.4 is 5.32 Å². The van der Waals surface area contributed by atoms with Crippen LogP contribution in [0.2, 0.25) is 4.34 Å². The molecule has 7 nitrogen and oxygen atoms in total. The summed E-state index contributed by atoms with van der Waals surface area (Å²) in [6, 6.07) is 3.57. The summed E-state index contributed by atoms with van der Waals surface area (Å²) in [6.45, 7) is -0.0893. The predicted octanol–water partition coefficient (Wildman–Crippen LogP) is 1.41. The Morgan fingerprint density at radius 2 is 2.29 bits per heavy atom. The minimum atomic E-state index is -1.01. The summed E-state index contributed by atoms with van der Waals surface area (Å²) in [6.07, 6.45) is 4.52. The number of amides is 1. The monoisotopic (exact) mass is 326 g/mol. The van der Waals surface area contributed by atoms with Gasteiger partial charge in [0, 0.05) is 11.0 Å². The number of halogens is 1. The van der Waals surface area contributed by atoms with E-state index in [1.54, 1.807) is 12.1 Å². The van der Waals surface area contributed by atoms with Gasteiger partial charge in [0.15, 0.2) is 0 Å². The number of rotatable bonds is 6. The minimum absolute atomic E-state index is 0.175. The van der Waals surface area contributed by atoms with Crippen molar-refractivity contribution in [3.05, 3.63) is 39.3 Å². The third-order valence-corrected chi connectivity index (χ3v) is 3.52. The molecule has 2 N–H and O–H groups in total. The number of carboxylic acid groups (broad SMARTS) is 1. The quantitative estimate of drug-likeness (QED) is 0.782. The van der Waals surface area contributed by atoms with Crippen LogP contribution in [-0.4, -0.2) is 32.0 Å². The SMILES string of the molecule is O=C(O)Cn1cc(CNC(=O)/C=C/c2ccc(Cl)s2)nn1. The second-order valence-corrected chi connectivity index (χ2v) is 5.74. The molecule has 2 aromatic heterocycles. The largest absolute Gasteiger partial charge is 0.480 e. The molecule has 0 aliphatic rings. The van der Waals surface area contributed by atoms with Crippen molar-refractivity contribution in [1.29, 1.82) is 0 Å². The van der Waals surface area contributed by atoms with Crippen LogP contribution in [0, 0.1) is 0 Å². The first-order chi connectivity index (χ1) is 10.0. The maximum absolute atomic E-state index is 11.6. The van der Waals surface area contributed by atoms with E-state index in [2.05, 4.69) is 15.6 Å². The van der Waals surface area contributed by atoms with Crippen LogP contribution in [0.15, 0.2) is 24.4 Å². The maximum atomic E-state index is 11.6. The van der Waals surface area contributed by atoms with E-state index in [9.17, 15) is 9.59 Å². The van der Waals surface area contributed by atoms with Gasteiger partial charge in [0.2, 0.25) is 5.91 Å². The third-order valence-electron chi connectivity index (χ3n) is 2.32. The van der Waals surface area contributed by atoms with Gasteiger partial charge in [-0.2, -0.15) is 0 Å². The Morgan fingerprint density at radius 1 is 1.48 bits per heavy atom. The van der Waals surface area contributed by atoms with E-state index in [1.807, 2.05) is 6.07 Å². The van der Waals surface area contributed by atoms with Crippen molar-refractivity contribution >= 4 is 40.9 Å². The summed E-state index contributed by atoms with van der Waals surface area (Å²) in [5.41, 5.74) is 0.483. The molecule has 9 heteroatoms. The van der Waals surface area contributed by atoms with Crippen LogP contribution in [0.4, 0.5) is 0 Å². The van der Waals surface area contributed by atoms with Crippen LogP contribution in [-0.2, 0) is 22.7 Å².